The Morgan fingerprint density at radius 3 is 3.07 bits per heavy atom. The van der Waals surface area contributed by atoms with Crippen molar-refractivity contribution in [2.45, 2.75) is 32.5 Å². The lowest BCUT2D eigenvalue weighted by Crippen LogP contribution is -2.13. The highest BCUT2D eigenvalue weighted by Crippen LogP contribution is 2.28. The fourth-order valence-corrected chi connectivity index (χ4v) is 1.56. The molecule has 78 valence electrons. The maximum Gasteiger partial charge on any atom is 0.122 e. The summed E-state index contributed by atoms with van der Waals surface area (Å²) in [6, 6.07) is 4.14. The quantitative estimate of drug-likeness (QED) is 0.777. The van der Waals surface area contributed by atoms with Gasteiger partial charge in [-0.3, -0.25) is 0 Å². The fraction of sp³-hybridized carbons (Fsp3) is 0.636. The monoisotopic (exact) mass is 194 g/mol. The van der Waals surface area contributed by atoms with Crippen molar-refractivity contribution in [1.82, 2.24) is 4.57 Å². The van der Waals surface area contributed by atoms with Gasteiger partial charge in [0, 0.05) is 17.9 Å². The van der Waals surface area contributed by atoms with E-state index in [0.717, 1.165) is 18.2 Å². The van der Waals surface area contributed by atoms with Crippen molar-refractivity contribution in [2.24, 2.45) is 11.7 Å². The maximum absolute atomic E-state index is 5.83. The van der Waals surface area contributed by atoms with E-state index in [-0.39, 0.29) is 6.04 Å². The third-order valence-electron chi connectivity index (χ3n) is 2.61. The fourth-order valence-electron chi connectivity index (χ4n) is 1.56. The Hall–Kier alpha value is -0.800. The SMILES string of the molecule is CC(N)c1cccn1COCC1CC1. The van der Waals surface area contributed by atoms with Crippen LogP contribution in [0.3, 0.4) is 0 Å². The second kappa shape index (κ2) is 4.15. The average molecular weight is 194 g/mol. The zero-order chi connectivity index (χ0) is 9.97. The molecule has 1 fully saturated rings. The minimum Gasteiger partial charge on any atom is -0.361 e. The van der Waals surface area contributed by atoms with Gasteiger partial charge in [0.25, 0.3) is 0 Å². The van der Waals surface area contributed by atoms with Gasteiger partial charge in [-0.1, -0.05) is 0 Å². The Morgan fingerprint density at radius 2 is 2.43 bits per heavy atom. The van der Waals surface area contributed by atoms with E-state index in [2.05, 4.69) is 4.57 Å². The molecule has 0 aromatic carbocycles. The van der Waals surface area contributed by atoms with Crippen molar-refractivity contribution in [1.29, 1.82) is 0 Å². The van der Waals surface area contributed by atoms with Crippen molar-refractivity contribution in [3.05, 3.63) is 24.0 Å². The first-order chi connectivity index (χ1) is 6.77. The first-order valence-corrected chi connectivity index (χ1v) is 5.25. The van der Waals surface area contributed by atoms with Crippen LogP contribution in [0.4, 0.5) is 0 Å². The Morgan fingerprint density at radius 1 is 1.64 bits per heavy atom. The zero-order valence-electron chi connectivity index (χ0n) is 8.65. The van der Waals surface area contributed by atoms with Gasteiger partial charge in [-0.05, 0) is 37.8 Å². The molecule has 0 aliphatic heterocycles. The summed E-state index contributed by atoms with van der Waals surface area (Å²) in [7, 11) is 0. The summed E-state index contributed by atoms with van der Waals surface area (Å²) >= 11 is 0. The molecule has 1 unspecified atom stereocenters. The number of nitrogens with two attached hydrogens (primary N) is 1. The van der Waals surface area contributed by atoms with Crippen LogP contribution in [0.1, 0.15) is 31.5 Å². The molecular formula is C11H18N2O. The molecule has 1 aliphatic rings. The molecule has 1 atom stereocenters. The van der Waals surface area contributed by atoms with Crippen molar-refractivity contribution < 1.29 is 4.74 Å². The summed E-state index contributed by atoms with van der Waals surface area (Å²) in [5.41, 5.74) is 6.97. The van der Waals surface area contributed by atoms with E-state index in [1.54, 1.807) is 0 Å². The van der Waals surface area contributed by atoms with Gasteiger partial charge in [0.2, 0.25) is 0 Å². The predicted molar refractivity (Wildman–Crippen MR) is 55.7 cm³/mol. The number of nitrogens with zero attached hydrogens (tertiary/aromatic N) is 1. The molecule has 0 spiro atoms. The van der Waals surface area contributed by atoms with E-state index >= 15 is 0 Å². The van der Waals surface area contributed by atoms with Gasteiger partial charge < -0.3 is 15.0 Å². The van der Waals surface area contributed by atoms with E-state index in [9.17, 15) is 0 Å². The Kier molecular flexibility index (Phi) is 2.89. The van der Waals surface area contributed by atoms with Crippen molar-refractivity contribution in [3.63, 3.8) is 0 Å². The summed E-state index contributed by atoms with van der Waals surface area (Å²) in [4.78, 5) is 0. The van der Waals surface area contributed by atoms with E-state index in [1.165, 1.54) is 12.8 Å². The van der Waals surface area contributed by atoms with E-state index in [1.807, 2.05) is 25.3 Å². The largest absolute Gasteiger partial charge is 0.361 e. The third kappa shape index (κ3) is 2.36. The lowest BCUT2D eigenvalue weighted by atomic mass is 10.2. The summed E-state index contributed by atoms with van der Waals surface area (Å²) in [6.07, 6.45) is 4.70. The maximum atomic E-state index is 5.83. The molecule has 14 heavy (non-hydrogen) atoms. The van der Waals surface area contributed by atoms with Crippen molar-refractivity contribution >= 4 is 0 Å². The topological polar surface area (TPSA) is 40.2 Å². The van der Waals surface area contributed by atoms with Gasteiger partial charge in [0.05, 0.1) is 6.61 Å². The van der Waals surface area contributed by atoms with Crippen LogP contribution in [0.2, 0.25) is 0 Å². The molecule has 2 N–H and O–H groups in total. The van der Waals surface area contributed by atoms with Crippen LogP contribution in [0.5, 0.6) is 0 Å². The number of hydrogen-bond acceptors (Lipinski definition) is 2. The molecule has 1 aromatic heterocycles. The predicted octanol–water partition coefficient (Wildman–Crippen LogP) is 1.89. The van der Waals surface area contributed by atoms with Gasteiger partial charge in [-0.25, -0.2) is 0 Å². The first kappa shape index (κ1) is 9.74. The average Bonchev–Trinajstić information content (AvgIpc) is 2.82. The number of rotatable bonds is 5. The standard InChI is InChI=1S/C11H18N2O/c1-9(12)11-3-2-6-13(11)8-14-7-10-4-5-10/h2-3,6,9-10H,4-5,7-8,12H2,1H3. The third-order valence-corrected chi connectivity index (χ3v) is 2.61. The molecule has 3 nitrogen and oxygen atoms in total. The second-order valence-corrected chi connectivity index (χ2v) is 4.13. The summed E-state index contributed by atoms with van der Waals surface area (Å²) in [5.74, 6) is 0.823. The molecule has 1 heterocycles. The molecule has 1 aromatic rings. The smallest absolute Gasteiger partial charge is 0.122 e. The Balaban J connectivity index is 1.84. The van der Waals surface area contributed by atoms with Gasteiger partial charge in [0.15, 0.2) is 0 Å². The van der Waals surface area contributed by atoms with Crippen molar-refractivity contribution in [2.75, 3.05) is 6.61 Å². The molecular weight excluding hydrogens is 176 g/mol. The Bertz CT molecular complexity index is 289. The normalized spacial score (nSPS) is 18.4. The highest BCUT2D eigenvalue weighted by molar-refractivity contribution is 5.10. The molecule has 0 radical (unpaired) electrons. The number of hydrogen-bond donors (Lipinski definition) is 1. The van der Waals surface area contributed by atoms with Crippen LogP contribution in [-0.4, -0.2) is 11.2 Å². The Labute approximate surface area is 84.9 Å². The van der Waals surface area contributed by atoms with E-state index in [4.69, 9.17) is 10.5 Å². The summed E-state index contributed by atoms with van der Waals surface area (Å²) in [5, 5.41) is 0. The number of ether oxygens (including phenoxy) is 1. The lowest BCUT2D eigenvalue weighted by Gasteiger charge is -2.11. The van der Waals surface area contributed by atoms with E-state index < -0.39 is 0 Å². The molecule has 0 bridgehead atoms. The van der Waals surface area contributed by atoms with Gasteiger partial charge in [-0.15, -0.1) is 0 Å². The highest BCUT2D eigenvalue weighted by Gasteiger charge is 2.21. The molecule has 1 saturated carbocycles. The highest BCUT2D eigenvalue weighted by atomic mass is 16.5. The minimum atomic E-state index is 0.0783. The molecule has 1 aliphatic carbocycles. The van der Waals surface area contributed by atoms with Crippen LogP contribution >= 0.6 is 0 Å². The minimum absolute atomic E-state index is 0.0783. The molecule has 3 heteroatoms. The van der Waals surface area contributed by atoms with Gasteiger partial charge >= 0.3 is 0 Å². The second-order valence-electron chi connectivity index (χ2n) is 4.13. The van der Waals surface area contributed by atoms with Gasteiger partial charge in [-0.2, -0.15) is 0 Å². The summed E-state index contributed by atoms with van der Waals surface area (Å²) < 4.78 is 7.68. The van der Waals surface area contributed by atoms with Crippen molar-refractivity contribution in [3.8, 4) is 0 Å². The van der Waals surface area contributed by atoms with Crippen LogP contribution in [0, 0.1) is 5.92 Å². The lowest BCUT2D eigenvalue weighted by molar-refractivity contribution is 0.0671. The summed E-state index contributed by atoms with van der Waals surface area (Å²) in [6.45, 7) is 3.53. The van der Waals surface area contributed by atoms with Crippen LogP contribution in [0.15, 0.2) is 18.3 Å². The van der Waals surface area contributed by atoms with Gasteiger partial charge in [0.1, 0.15) is 6.73 Å². The van der Waals surface area contributed by atoms with Crippen LogP contribution in [0.25, 0.3) is 0 Å². The first-order valence-electron chi connectivity index (χ1n) is 5.25. The van der Waals surface area contributed by atoms with Crippen LogP contribution in [-0.2, 0) is 11.5 Å². The number of aromatic nitrogens is 1. The van der Waals surface area contributed by atoms with Crippen LogP contribution < -0.4 is 5.73 Å². The zero-order valence-corrected chi connectivity index (χ0v) is 8.65. The molecule has 0 saturated heterocycles. The molecule has 0 amide bonds. The van der Waals surface area contributed by atoms with E-state index in [0.29, 0.717) is 6.73 Å². The molecule has 2 rings (SSSR count).